The second-order valence-electron chi connectivity index (χ2n) is 2.08. The largest absolute Gasteiger partial charge is 0.762 e. The first kappa shape index (κ1) is 11.9. The molecular formula is C8H11ClN2O2. The SMILES string of the molecule is CCOC=[N+](CC)C(=O)C(Cl)=C=[N-]. The van der Waals surface area contributed by atoms with Crippen molar-refractivity contribution >= 4 is 29.8 Å². The number of hydrogen-bond acceptors (Lipinski definition) is 2. The average molecular weight is 203 g/mol. The lowest BCUT2D eigenvalue weighted by molar-refractivity contribution is -0.444. The molecule has 0 aliphatic rings. The van der Waals surface area contributed by atoms with Gasteiger partial charge >= 0.3 is 12.3 Å². The molecule has 5 heteroatoms. The molecule has 0 rings (SSSR count). The first-order chi connectivity index (χ1) is 6.17. The van der Waals surface area contributed by atoms with Gasteiger partial charge in [-0.05, 0) is 13.8 Å². The highest BCUT2D eigenvalue weighted by Gasteiger charge is 2.18. The second-order valence-corrected chi connectivity index (χ2v) is 2.46. The quantitative estimate of drug-likeness (QED) is 0.295. The number of carbonyl (C=O) groups excluding carboxylic acids is 1. The van der Waals surface area contributed by atoms with E-state index in [-0.39, 0.29) is 5.03 Å². The predicted molar refractivity (Wildman–Crippen MR) is 51.2 cm³/mol. The highest BCUT2D eigenvalue weighted by molar-refractivity contribution is 6.45. The summed E-state index contributed by atoms with van der Waals surface area (Å²) >= 11 is 5.36. The number of carbonyl (C=O) groups is 1. The molecule has 0 aromatic heterocycles. The third-order valence-corrected chi connectivity index (χ3v) is 1.50. The van der Waals surface area contributed by atoms with Crippen molar-refractivity contribution < 1.29 is 14.1 Å². The summed E-state index contributed by atoms with van der Waals surface area (Å²) in [5.74, 6) is 1.03. The molecule has 0 radical (unpaired) electrons. The molecule has 1 amide bonds. The average Bonchev–Trinajstić information content (AvgIpc) is 2.17. The van der Waals surface area contributed by atoms with Crippen LogP contribution in [0.2, 0.25) is 0 Å². The van der Waals surface area contributed by atoms with Crippen molar-refractivity contribution in [3.8, 4) is 0 Å². The zero-order chi connectivity index (χ0) is 10.3. The van der Waals surface area contributed by atoms with E-state index in [2.05, 4.69) is 0 Å². The Bertz CT molecular complexity index is 267. The zero-order valence-electron chi connectivity index (χ0n) is 7.58. The Morgan fingerprint density at radius 3 is 2.69 bits per heavy atom. The van der Waals surface area contributed by atoms with Gasteiger partial charge in [0.05, 0.1) is 6.61 Å². The van der Waals surface area contributed by atoms with Crippen LogP contribution in [0.4, 0.5) is 0 Å². The minimum atomic E-state index is -0.542. The van der Waals surface area contributed by atoms with Crippen LogP contribution in [0, 0.1) is 0 Å². The lowest BCUT2D eigenvalue weighted by Gasteiger charge is -1.96. The summed E-state index contributed by atoms with van der Waals surface area (Å²) in [5.41, 5.74) is 0. The molecule has 13 heavy (non-hydrogen) atoms. The number of rotatable bonds is 4. The van der Waals surface area contributed by atoms with Gasteiger partial charge in [0.25, 0.3) is 0 Å². The Morgan fingerprint density at radius 2 is 2.31 bits per heavy atom. The summed E-state index contributed by atoms with van der Waals surface area (Å²) in [6.07, 6.45) is 1.27. The number of likely N-dealkylation sites (N-methyl/N-ethyl adjacent to an activating group) is 1. The summed E-state index contributed by atoms with van der Waals surface area (Å²) in [4.78, 5) is 11.2. The summed E-state index contributed by atoms with van der Waals surface area (Å²) in [7, 11) is 0. The van der Waals surface area contributed by atoms with E-state index in [1.807, 2.05) is 0 Å². The van der Waals surface area contributed by atoms with E-state index in [1.165, 1.54) is 11.0 Å². The molecule has 0 saturated carbocycles. The van der Waals surface area contributed by atoms with Gasteiger partial charge in [-0.2, -0.15) is 0 Å². The fourth-order valence-electron chi connectivity index (χ4n) is 0.604. The standard InChI is InChI=1S/C8H11ClN2O2/c1-3-11(6-13-4-2)8(12)7(9)5-10/h6H,3-4H2,1-2H3. The monoisotopic (exact) mass is 202 g/mol. The van der Waals surface area contributed by atoms with Crippen molar-refractivity contribution in [2.24, 2.45) is 0 Å². The van der Waals surface area contributed by atoms with Crippen molar-refractivity contribution in [1.29, 1.82) is 0 Å². The smallest absolute Gasteiger partial charge is 0.439 e. The Balaban J connectivity index is 4.59. The molecule has 0 heterocycles. The number of hydrogen-bond donors (Lipinski definition) is 0. The van der Waals surface area contributed by atoms with Crippen LogP contribution in [0.1, 0.15) is 13.8 Å². The summed E-state index contributed by atoms with van der Waals surface area (Å²) in [6, 6.07) is 0. The van der Waals surface area contributed by atoms with Crippen LogP contribution in [0.5, 0.6) is 0 Å². The van der Waals surface area contributed by atoms with Crippen molar-refractivity contribution in [1.82, 2.24) is 0 Å². The first-order valence-electron chi connectivity index (χ1n) is 3.85. The van der Waals surface area contributed by atoms with Crippen LogP contribution in [-0.4, -0.2) is 35.9 Å². The van der Waals surface area contributed by atoms with E-state index in [1.54, 1.807) is 19.7 Å². The van der Waals surface area contributed by atoms with Crippen LogP contribution in [-0.2, 0) is 9.53 Å². The molecular weight excluding hydrogens is 192 g/mol. The van der Waals surface area contributed by atoms with Gasteiger partial charge in [-0.25, -0.2) is 10.7 Å². The van der Waals surface area contributed by atoms with Crippen LogP contribution < -0.4 is 0 Å². The molecule has 0 aromatic carbocycles. The van der Waals surface area contributed by atoms with Gasteiger partial charge in [0.1, 0.15) is 0 Å². The maximum Gasteiger partial charge on any atom is 0.439 e. The van der Waals surface area contributed by atoms with Gasteiger partial charge in [-0.15, -0.1) is 4.58 Å². The number of nitrogens with zero attached hydrogens (tertiary/aromatic N) is 2. The molecule has 0 spiro atoms. The third-order valence-electron chi connectivity index (χ3n) is 1.26. The fourth-order valence-corrected chi connectivity index (χ4v) is 0.713. The van der Waals surface area contributed by atoms with Crippen molar-refractivity contribution in [3.63, 3.8) is 0 Å². The highest BCUT2D eigenvalue weighted by atomic mass is 35.5. The number of ether oxygens (including phenoxy) is 1. The molecule has 0 N–H and O–H groups in total. The lowest BCUT2D eigenvalue weighted by atomic mass is 10.5. The van der Waals surface area contributed by atoms with Gasteiger partial charge in [0.15, 0.2) is 11.6 Å². The van der Waals surface area contributed by atoms with E-state index < -0.39 is 5.91 Å². The Morgan fingerprint density at radius 1 is 1.69 bits per heavy atom. The Kier molecular flexibility index (Phi) is 5.85. The van der Waals surface area contributed by atoms with E-state index >= 15 is 0 Å². The van der Waals surface area contributed by atoms with Gasteiger partial charge in [0, 0.05) is 0 Å². The minimum Gasteiger partial charge on any atom is -0.762 e. The molecule has 0 bridgehead atoms. The molecule has 72 valence electrons. The van der Waals surface area contributed by atoms with E-state index in [0.717, 1.165) is 0 Å². The zero-order valence-corrected chi connectivity index (χ0v) is 8.34. The van der Waals surface area contributed by atoms with Crippen molar-refractivity contribution in [3.05, 3.63) is 10.4 Å². The Labute approximate surface area is 82.0 Å². The van der Waals surface area contributed by atoms with Crippen LogP contribution >= 0.6 is 11.6 Å². The predicted octanol–water partition coefficient (Wildman–Crippen LogP) is 0.972. The van der Waals surface area contributed by atoms with Gasteiger partial charge in [0.2, 0.25) is 0 Å². The number of amides is 1. The normalized spacial score (nSPS) is 10.5. The van der Waals surface area contributed by atoms with Crippen LogP contribution in [0.15, 0.2) is 5.03 Å². The van der Waals surface area contributed by atoms with Crippen LogP contribution in [0.25, 0.3) is 5.41 Å². The molecule has 0 saturated heterocycles. The first-order valence-corrected chi connectivity index (χ1v) is 4.23. The molecule has 0 aromatic rings. The van der Waals surface area contributed by atoms with E-state index in [0.29, 0.717) is 13.2 Å². The van der Waals surface area contributed by atoms with Crippen molar-refractivity contribution in [2.75, 3.05) is 13.2 Å². The number of halogens is 1. The molecule has 0 aliphatic heterocycles. The fraction of sp³-hybridized carbons (Fsp3) is 0.500. The van der Waals surface area contributed by atoms with Gasteiger partial charge in [-0.1, -0.05) is 11.6 Å². The maximum atomic E-state index is 11.2. The molecule has 0 aliphatic carbocycles. The van der Waals surface area contributed by atoms with Gasteiger partial charge < -0.3 is 10.1 Å². The van der Waals surface area contributed by atoms with E-state index in [4.69, 9.17) is 21.7 Å². The molecule has 0 atom stereocenters. The van der Waals surface area contributed by atoms with E-state index in [9.17, 15) is 4.79 Å². The maximum absolute atomic E-state index is 11.2. The van der Waals surface area contributed by atoms with Crippen LogP contribution in [0.3, 0.4) is 0 Å². The third kappa shape index (κ3) is 3.87. The second kappa shape index (κ2) is 6.40. The molecule has 0 fully saturated rings. The lowest BCUT2D eigenvalue weighted by Crippen LogP contribution is -2.23. The molecule has 4 nitrogen and oxygen atoms in total. The van der Waals surface area contributed by atoms with Gasteiger partial charge in [-0.3, -0.25) is 0 Å². The minimum absolute atomic E-state index is 0.363. The summed E-state index contributed by atoms with van der Waals surface area (Å²) in [6.45, 7) is 4.43. The van der Waals surface area contributed by atoms with Crippen molar-refractivity contribution in [2.45, 2.75) is 13.8 Å². The highest BCUT2D eigenvalue weighted by Crippen LogP contribution is 1.98. The summed E-state index contributed by atoms with van der Waals surface area (Å²) < 4.78 is 6.13. The molecule has 0 unspecified atom stereocenters. The topological polar surface area (TPSA) is 51.6 Å². The Hall–Kier alpha value is -1.12. The summed E-state index contributed by atoms with van der Waals surface area (Å²) in [5, 5.41) is 7.99.